The number of rotatable bonds is 3. The van der Waals surface area contributed by atoms with Gasteiger partial charge < -0.3 is 5.11 Å². The van der Waals surface area contributed by atoms with E-state index < -0.39 is 0 Å². The molecule has 0 radical (unpaired) electrons. The highest BCUT2D eigenvalue weighted by molar-refractivity contribution is 5.15. The van der Waals surface area contributed by atoms with Crippen molar-refractivity contribution in [2.45, 2.75) is 13.8 Å². The third kappa shape index (κ3) is 5.16. The van der Waals surface area contributed by atoms with Crippen molar-refractivity contribution in [3.8, 4) is 0 Å². The average Bonchev–Trinajstić information content (AvgIpc) is 1.87. The Morgan fingerprint density at radius 2 is 2.10 bits per heavy atom. The molecule has 0 rings (SSSR count). The summed E-state index contributed by atoms with van der Waals surface area (Å²) in [5.74, 6) is 0.728. The molecule has 0 saturated carbocycles. The minimum absolute atomic E-state index is 0.205. The Kier molecular flexibility index (Phi) is 4.38. The summed E-state index contributed by atoms with van der Waals surface area (Å²) in [5, 5.41) is 8.86. The van der Waals surface area contributed by atoms with Gasteiger partial charge in [-0.15, -0.1) is 0 Å². The van der Waals surface area contributed by atoms with Gasteiger partial charge in [0.05, 0.1) is 0 Å². The van der Waals surface area contributed by atoms with Gasteiger partial charge in [0.1, 0.15) is 5.76 Å². The second-order valence-electron chi connectivity index (χ2n) is 2.42. The maximum absolute atomic E-state index is 8.86. The van der Waals surface area contributed by atoms with Crippen molar-refractivity contribution in [3.05, 3.63) is 36.6 Å². The third-order valence-corrected chi connectivity index (χ3v) is 0.972. The van der Waals surface area contributed by atoms with Gasteiger partial charge in [-0.1, -0.05) is 32.6 Å². The van der Waals surface area contributed by atoms with Gasteiger partial charge in [-0.25, -0.2) is 0 Å². The lowest BCUT2D eigenvalue weighted by atomic mass is 10.2. The first-order chi connectivity index (χ1) is 4.66. The summed E-state index contributed by atoms with van der Waals surface area (Å²) in [6.45, 7) is 7.56. The van der Waals surface area contributed by atoms with Crippen molar-refractivity contribution in [1.29, 1.82) is 0 Å². The molecular weight excluding hydrogens is 124 g/mol. The normalized spacial score (nSPS) is 12.9. The van der Waals surface area contributed by atoms with Crippen LogP contribution in [0, 0.1) is 5.92 Å². The molecule has 0 aliphatic rings. The second-order valence-corrected chi connectivity index (χ2v) is 2.42. The lowest BCUT2D eigenvalue weighted by Crippen LogP contribution is -1.76. The van der Waals surface area contributed by atoms with Crippen LogP contribution >= 0.6 is 0 Å². The number of hydrogen-bond donors (Lipinski definition) is 1. The SMILES string of the molecule is C=C/C(O)=C\C=C\C(C)C. The number of hydrogen-bond acceptors (Lipinski definition) is 1. The largest absolute Gasteiger partial charge is 0.508 e. The Hall–Kier alpha value is -0.980. The summed E-state index contributed by atoms with van der Waals surface area (Å²) in [4.78, 5) is 0. The highest BCUT2D eigenvalue weighted by atomic mass is 16.3. The molecule has 1 N–H and O–H groups in total. The molecule has 0 unspecified atom stereocenters. The van der Waals surface area contributed by atoms with E-state index in [1.165, 1.54) is 6.08 Å². The molecule has 0 heterocycles. The van der Waals surface area contributed by atoms with Crippen molar-refractivity contribution in [2.75, 3.05) is 0 Å². The first kappa shape index (κ1) is 9.02. The fourth-order valence-electron chi connectivity index (χ4n) is 0.444. The molecule has 0 fully saturated rings. The summed E-state index contributed by atoms with van der Waals surface area (Å²) >= 11 is 0. The molecule has 0 aromatic carbocycles. The Morgan fingerprint density at radius 1 is 1.50 bits per heavy atom. The Bertz CT molecular complexity index is 152. The van der Waals surface area contributed by atoms with E-state index >= 15 is 0 Å². The Labute approximate surface area is 62.4 Å². The summed E-state index contributed by atoms with van der Waals surface area (Å²) in [5.41, 5.74) is 0. The zero-order valence-corrected chi connectivity index (χ0v) is 6.54. The second kappa shape index (κ2) is 4.86. The monoisotopic (exact) mass is 138 g/mol. The minimum Gasteiger partial charge on any atom is -0.508 e. The molecule has 0 saturated heterocycles. The summed E-state index contributed by atoms with van der Waals surface area (Å²) in [6, 6.07) is 0. The van der Waals surface area contributed by atoms with Crippen LogP contribution in [0.5, 0.6) is 0 Å². The van der Waals surface area contributed by atoms with Gasteiger partial charge in [-0.3, -0.25) is 0 Å². The molecule has 0 aromatic rings. The zero-order valence-electron chi connectivity index (χ0n) is 6.54. The zero-order chi connectivity index (χ0) is 7.98. The lowest BCUT2D eigenvalue weighted by Gasteiger charge is -1.90. The van der Waals surface area contributed by atoms with Gasteiger partial charge in [0.25, 0.3) is 0 Å². The van der Waals surface area contributed by atoms with E-state index in [0.29, 0.717) is 5.92 Å². The summed E-state index contributed by atoms with van der Waals surface area (Å²) in [7, 11) is 0. The van der Waals surface area contributed by atoms with E-state index in [1.54, 1.807) is 6.08 Å². The van der Waals surface area contributed by atoms with Crippen molar-refractivity contribution in [1.82, 2.24) is 0 Å². The first-order valence-electron chi connectivity index (χ1n) is 3.36. The fraction of sp³-hybridized carbons (Fsp3) is 0.333. The Balaban J connectivity index is 3.81. The maximum Gasteiger partial charge on any atom is 0.114 e. The van der Waals surface area contributed by atoms with Crippen LogP contribution in [0.1, 0.15) is 13.8 Å². The standard InChI is InChI=1S/C9H14O/c1-4-9(10)7-5-6-8(2)3/h4-8,10H,1H2,2-3H3/b6-5+,9-7+. The molecule has 0 amide bonds. The summed E-state index contributed by atoms with van der Waals surface area (Å²) < 4.78 is 0. The van der Waals surface area contributed by atoms with Crippen LogP contribution in [0.25, 0.3) is 0 Å². The van der Waals surface area contributed by atoms with Crippen LogP contribution in [0.2, 0.25) is 0 Å². The van der Waals surface area contributed by atoms with Crippen molar-refractivity contribution in [2.24, 2.45) is 5.92 Å². The van der Waals surface area contributed by atoms with E-state index in [4.69, 9.17) is 5.11 Å². The molecule has 56 valence electrons. The van der Waals surface area contributed by atoms with Gasteiger partial charge in [0.2, 0.25) is 0 Å². The molecule has 0 bridgehead atoms. The van der Waals surface area contributed by atoms with Gasteiger partial charge >= 0.3 is 0 Å². The first-order valence-corrected chi connectivity index (χ1v) is 3.36. The Morgan fingerprint density at radius 3 is 2.50 bits per heavy atom. The van der Waals surface area contributed by atoms with Gasteiger partial charge in [0.15, 0.2) is 0 Å². The minimum atomic E-state index is 0.205. The maximum atomic E-state index is 8.86. The van der Waals surface area contributed by atoms with E-state index in [9.17, 15) is 0 Å². The highest BCUT2D eigenvalue weighted by Gasteiger charge is 1.81. The van der Waals surface area contributed by atoms with Crippen molar-refractivity contribution in [3.63, 3.8) is 0 Å². The highest BCUT2D eigenvalue weighted by Crippen LogP contribution is 1.95. The number of allylic oxidation sites excluding steroid dienone is 4. The van der Waals surface area contributed by atoms with Crippen LogP contribution in [-0.2, 0) is 0 Å². The molecule has 0 aliphatic heterocycles. The molecule has 0 spiro atoms. The van der Waals surface area contributed by atoms with Crippen LogP contribution < -0.4 is 0 Å². The topological polar surface area (TPSA) is 20.2 Å². The van der Waals surface area contributed by atoms with E-state index in [2.05, 4.69) is 20.4 Å². The molecule has 1 heteroatoms. The van der Waals surface area contributed by atoms with Crippen LogP contribution in [0.15, 0.2) is 36.6 Å². The van der Waals surface area contributed by atoms with Crippen molar-refractivity contribution >= 4 is 0 Å². The molecule has 0 aliphatic carbocycles. The van der Waals surface area contributed by atoms with E-state index in [-0.39, 0.29) is 5.76 Å². The molecule has 10 heavy (non-hydrogen) atoms. The molecular formula is C9H14O. The number of aliphatic hydroxyl groups excluding tert-OH is 1. The smallest absolute Gasteiger partial charge is 0.114 e. The van der Waals surface area contributed by atoms with Gasteiger partial charge in [0, 0.05) is 0 Å². The average molecular weight is 138 g/mol. The quantitative estimate of drug-likeness (QED) is 0.469. The van der Waals surface area contributed by atoms with Crippen molar-refractivity contribution < 1.29 is 5.11 Å². The predicted octanol–water partition coefficient (Wildman–Crippen LogP) is 2.83. The predicted molar refractivity (Wildman–Crippen MR) is 44.9 cm³/mol. The third-order valence-electron chi connectivity index (χ3n) is 0.972. The van der Waals surface area contributed by atoms with Crippen LogP contribution in [-0.4, -0.2) is 5.11 Å². The van der Waals surface area contributed by atoms with Crippen LogP contribution in [0.4, 0.5) is 0 Å². The molecule has 0 aromatic heterocycles. The lowest BCUT2D eigenvalue weighted by molar-refractivity contribution is 0.433. The van der Waals surface area contributed by atoms with E-state index in [0.717, 1.165) is 0 Å². The molecule has 0 atom stereocenters. The summed E-state index contributed by atoms with van der Waals surface area (Å²) in [6.07, 6.45) is 6.85. The fourth-order valence-corrected chi connectivity index (χ4v) is 0.444. The van der Waals surface area contributed by atoms with Gasteiger partial charge in [-0.05, 0) is 18.1 Å². The van der Waals surface area contributed by atoms with Crippen LogP contribution in [0.3, 0.4) is 0 Å². The van der Waals surface area contributed by atoms with Gasteiger partial charge in [-0.2, -0.15) is 0 Å². The molecule has 1 nitrogen and oxygen atoms in total. The number of aliphatic hydroxyl groups is 1. The van der Waals surface area contributed by atoms with E-state index in [1.807, 2.05) is 12.2 Å².